The van der Waals surface area contributed by atoms with Crippen LogP contribution in [-0.4, -0.2) is 19.0 Å². The Labute approximate surface area is 99.0 Å². The van der Waals surface area contributed by atoms with E-state index in [1.165, 1.54) is 18.4 Å². The Morgan fingerprint density at radius 2 is 1.94 bits per heavy atom. The van der Waals surface area contributed by atoms with E-state index in [0.29, 0.717) is 17.9 Å². The van der Waals surface area contributed by atoms with Crippen molar-refractivity contribution in [1.82, 2.24) is 0 Å². The quantitative estimate of drug-likeness (QED) is 0.636. The van der Waals surface area contributed by atoms with Crippen LogP contribution in [0.3, 0.4) is 0 Å². The van der Waals surface area contributed by atoms with E-state index in [1.54, 1.807) is 0 Å². The van der Waals surface area contributed by atoms with Crippen molar-refractivity contribution in [1.29, 1.82) is 0 Å². The standard InChI is InChI=1S/C14H24O2/c1-9-5-6-10(2)13(7-9)14-11(3)8-15-12(4)16-14/h5,10-14H,6-8H2,1-4H3. The summed E-state index contributed by atoms with van der Waals surface area (Å²) in [7, 11) is 0. The Bertz CT molecular complexity index is 272. The molecule has 0 saturated carbocycles. The first-order valence-electron chi connectivity index (χ1n) is 6.50. The number of allylic oxidation sites excluding steroid dienone is 2. The molecule has 2 nitrogen and oxygen atoms in total. The molecule has 0 aromatic rings. The van der Waals surface area contributed by atoms with Crippen molar-refractivity contribution in [3.63, 3.8) is 0 Å². The van der Waals surface area contributed by atoms with Crippen LogP contribution in [0.15, 0.2) is 11.6 Å². The van der Waals surface area contributed by atoms with Crippen LogP contribution in [0.4, 0.5) is 0 Å². The molecule has 0 aromatic carbocycles. The second-order valence-corrected chi connectivity index (χ2v) is 5.61. The lowest BCUT2D eigenvalue weighted by Gasteiger charge is -2.42. The van der Waals surface area contributed by atoms with Crippen LogP contribution in [0.2, 0.25) is 0 Å². The van der Waals surface area contributed by atoms with Crippen LogP contribution in [0.5, 0.6) is 0 Å². The first-order chi connectivity index (χ1) is 7.58. The molecular weight excluding hydrogens is 200 g/mol. The van der Waals surface area contributed by atoms with Crippen molar-refractivity contribution >= 4 is 0 Å². The van der Waals surface area contributed by atoms with Gasteiger partial charge in [-0.3, -0.25) is 0 Å². The van der Waals surface area contributed by atoms with Crippen molar-refractivity contribution in [3.05, 3.63) is 11.6 Å². The zero-order chi connectivity index (χ0) is 11.7. The van der Waals surface area contributed by atoms with Gasteiger partial charge in [-0.1, -0.05) is 25.5 Å². The lowest BCUT2D eigenvalue weighted by atomic mass is 9.74. The molecule has 0 amide bonds. The molecule has 1 aliphatic heterocycles. The maximum absolute atomic E-state index is 6.01. The van der Waals surface area contributed by atoms with Crippen molar-refractivity contribution in [2.75, 3.05) is 6.61 Å². The maximum atomic E-state index is 6.01. The predicted molar refractivity (Wildman–Crippen MR) is 65.1 cm³/mol. The predicted octanol–water partition coefficient (Wildman–Crippen LogP) is 3.38. The van der Waals surface area contributed by atoms with Crippen LogP contribution in [0, 0.1) is 17.8 Å². The summed E-state index contributed by atoms with van der Waals surface area (Å²) in [4.78, 5) is 0. The molecule has 2 aliphatic rings. The fourth-order valence-electron chi connectivity index (χ4n) is 2.96. The average Bonchev–Trinajstić information content (AvgIpc) is 2.25. The van der Waals surface area contributed by atoms with E-state index >= 15 is 0 Å². The summed E-state index contributed by atoms with van der Waals surface area (Å²) < 4.78 is 11.5. The van der Waals surface area contributed by atoms with Gasteiger partial charge in [0.1, 0.15) is 0 Å². The van der Waals surface area contributed by atoms with Crippen molar-refractivity contribution in [3.8, 4) is 0 Å². The third-order valence-electron chi connectivity index (χ3n) is 4.05. The first-order valence-corrected chi connectivity index (χ1v) is 6.50. The van der Waals surface area contributed by atoms with E-state index < -0.39 is 0 Å². The number of rotatable bonds is 1. The van der Waals surface area contributed by atoms with Gasteiger partial charge in [-0.05, 0) is 38.5 Å². The SMILES string of the molecule is CC1=CCC(C)C(C2OC(C)OCC2C)C1. The summed E-state index contributed by atoms with van der Waals surface area (Å²) in [5, 5.41) is 0. The molecule has 0 aromatic heterocycles. The van der Waals surface area contributed by atoms with Gasteiger partial charge in [0.05, 0.1) is 12.7 Å². The zero-order valence-corrected chi connectivity index (χ0v) is 10.9. The largest absolute Gasteiger partial charge is 0.353 e. The average molecular weight is 224 g/mol. The van der Waals surface area contributed by atoms with Crippen LogP contribution >= 0.6 is 0 Å². The van der Waals surface area contributed by atoms with Crippen molar-refractivity contribution < 1.29 is 9.47 Å². The maximum Gasteiger partial charge on any atom is 0.155 e. The van der Waals surface area contributed by atoms with Crippen LogP contribution < -0.4 is 0 Å². The molecule has 1 saturated heterocycles. The number of ether oxygens (including phenoxy) is 2. The van der Waals surface area contributed by atoms with Gasteiger partial charge in [-0.25, -0.2) is 0 Å². The molecule has 0 radical (unpaired) electrons. The second-order valence-electron chi connectivity index (χ2n) is 5.61. The minimum absolute atomic E-state index is 0.0281. The lowest BCUT2D eigenvalue weighted by molar-refractivity contribution is -0.241. The van der Waals surface area contributed by atoms with Gasteiger partial charge in [-0.15, -0.1) is 0 Å². The van der Waals surface area contributed by atoms with E-state index in [-0.39, 0.29) is 6.29 Å². The molecule has 1 heterocycles. The highest BCUT2D eigenvalue weighted by Gasteiger charge is 2.37. The van der Waals surface area contributed by atoms with Crippen LogP contribution in [-0.2, 0) is 9.47 Å². The Hall–Kier alpha value is -0.340. The fourth-order valence-corrected chi connectivity index (χ4v) is 2.96. The lowest BCUT2D eigenvalue weighted by Crippen LogP contribution is -2.44. The molecule has 2 heteroatoms. The van der Waals surface area contributed by atoms with Crippen molar-refractivity contribution in [2.24, 2.45) is 17.8 Å². The summed E-state index contributed by atoms with van der Waals surface area (Å²) in [5.74, 6) is 1.93. The van der Waals surface area contributed by atoms with Gasteiger partial charge in [0.15, 0.2) is 6.29 Å². The molecule has 2 rings (SSSR count). The summed E-state index contributed by atoms with van der Waals surface area (Å²) in [6.07, 6.45) is 5.14. The Morgan fingerprint density at radius 3 is 2.69 bits per heavy atom. The van der Waals surface area contributed by atoms with Crippen LogP contribution in [0.25, 0.3) is 0 Å². The third kappa shape index (κ3) is 2.49. The zero-order valence-electron chi connectivity index (χ0n) is 10.9. The molecule has 1 fully saturated rings. The van der Waals surface area contributed by atoms with E-state index in [4.69, 9.17) is 9.47 Å². The molecule has 5 atom stereocenters. The summed E-state index contributed by atoms with van der Waals surface area (Å²) in [6, 6.07) is 0. The van der Waals surface area contributed by atoms with E-state index in [0.717, 1.165) is 12.5 Å². The number of hydrogen-bond acceptors (Lipinski definition) is 2. The minimum Gasteiger partial charge on any atom is -0.353 e. The highest BCUT2D eigenvalue weighted by molar-refractivity contribution is 5.07. The van der Waals surface area contributed by atoms with E-state index in [2.05, 4.69) is 26.8 Å². The highest BCUT2D eigenvalue weighted by atomic mass is 16.7. The normalized spacial score (nSPS) is 45.2. The summed E-state index contributed by atoms with van der Waals surface area (Å²) >= 11 is 0. The summed E-state index contributed by atoms with van der Waals surface area (Å²) in [5.41, 5.74) is 1.53. The van der Waals surface area contributed by atoms with Gasteiger partial charge in [0.25, 0.3) is 0 Å². The Kier molecular flexibility index (Phi) is 3.70. The Balaban J connectivity index is 2.07. The molecule has 92 valence electrons. The van der Waals surface area contributed by atoms with E-state index in [9.17, 15) is 0 Å². The van der Waals surface area contributed by atoms with E-state index in [1.807, 2.05) is 6.92 Å². The van der Waals surface area contributed by atoms with Crippen molar-refractivity contribution in [2.45, 2.75) is 52.9 Å². The minimum atomic E-state index is -0.0281. The smallest absolute Gasteiger partial charge is 0.155 e. The number of hydrogen-bond donors (Lipinski definition) is 0. The Morgan fingerprint density at radius 1 is 1.19 bits per heavy atom. The molecule has 1 aliphatic carbocycles. The second kappa shape index (κ2) is 4.89. The molecule has 5 unspecified atom stereocenters. The monoisotopic (exact) mass is 224 g/mol. The van der Waals surface area contributed by atoms with Gasteiger partial charge >= 0.3 is 0 Å². The molecular formula is C14H24O2. The van der Waals surface area contributed by atoms with Gasteiger partial charge in [-0.2, -0.15) is 0 Å². The van der Waals surface area contributed by atoms with Gasteiger partial charge < -0.3 is 9.47 Å². The third-order valence-corrected chi connectivity index (χ3v) is 4.05. The molecule has 0 spiro atoms. The molecule has 0 bridgehead atoms. The van der Waals surface area contributed by atoms with Gasteiger partial charge in [0, 0.05) is 5.92 Å². The highest BCUT2D eigenvalue weighted by Crippen LogP contribution is 2.37. The fraction of sp³-hybridized carbons (Fsp3) is 0.857. The first kappa shape index (κ1) is 12.1. The molecule has 0 N–H and O–H groups in total. The summed E-state index contributed by atoms with van der Waals surface area (Å²) in [6.45, 7) is 9.69. The van der Waals surface area contributed by atoms with Crippen LogP contribution in [0.1, 0.15) is 40.5 Å². The van der Waals surface area contributed by atoms with Gasteiger partial charge in [0.2, 0.25) is 0 Å². The topological polar surface area (TPSA) is 18.5 Å². The molecule has 16 heavy (non-hydrogen) atoms.